The minimum atomic E-state index is 0.271. The van der Waals surface area contributed by atoms with Crippen molar-refractivity contribution in [3.8, 4) is 5.75 Å². The van der Waals surface area contributed by atoms with Gasteiger partial charge in [0.1, 0.15) is 5.75 Å². The lowest BCUT2D eigenvalue weighted by Gasteiger charge is -2.42. The predicted molar refractivity (Wildman–Crippen MR) is 57.3 cm³/mol. The average molecular weight is 191 g/mol. The molecule has 0 unspecified atom stereocenters. The van der Waals surface area contributed by atoms with E-state index in [1.165, 1.54) is 24.8 Å². The van der Waals surface area contributed by atoms with Crippen LogP contribution in [0.5, 0.6) is 5.75 Å². The van der Waals surface area contributed by atoms with E-state index in [4.69, 9.17) is 5.73 Å². The largest absolute Gasteiger partial charge is 0.508 e. The maximum absolute atomic E-state index is 9.43. The molecule has 0 heterocycles. The van der Waals surface area contributed by atoms with E-state index < -0.39 is 0 Å². The molecule has 0 bridgehead atoms. The Morgan fingerprint density at radius 3 is 2.64 bits per heavy atom. The van der Waals surface area contributed by atoms with Crippen LogP contribution in [0.3, 0.4) is 0 Å². The molecule has 0 amide bonds. The zero-order chi connectivity index (χ0) is 10.0. The Morgan fingerprint density at radius 2 is 2.14 bits per heavy atom. The highest BCUT2D eigenvalue weighted by molar-refractivity contribution is 5.34. The first-order chi connectivity index (χ1) is 6.77. The third-order valence-corrected chi connectivity index (χ3v) is 3.39. The number of hydrogen-bond acceptors (Lipinski definition) is 2. The minimum absolute atomic E-state index is 0.271. The van der Waals surface area contributed by atoms with E-state index in [0.29, 0.717) is 5.75 Å². The fourth-order valence-electron chi connectivity index (χ4n) is 2.40. The molecule has 0 spiro atoms. The first kappa shape index (κ1) is 9.53. The van der Waals surface area contributed by atoms with Crippen molar-refractivity contribution in [3.63, 3.8) is 0 Å². The van der Waals surface area contributed by atoms with Crippen molar-refractivity contribution in [1.82, 2.24) is 0 Å². The standard InChI is InChI=1S/C12H17NO/c13-8-7-12(5-2-6-12)10-3-1-4-11(14)9-10/h1,3-4,9,14H,2,5-8,13H2. The van der Waals surface area contributed by atoms with E-state index in [1.807, 2.05) is 12.1 Å². The summed E-state index contributed by atoms with van der Waals surface area (Å²) in [5.74, 6) is 0.366. The van der Waals surface area contributed by atoms with Crippen molar-refractivity contribution >= 4 is 0 Å². The van der Waals surface area contributed by atoms with Crippen LogP contribution >= 0.6 is 0 Å². The van der Waals surface area contributed by atoms with Crippen molar-refractivity contribution in [1.29, 1.82) is 0 Å². The van der Waals surface area contributed by atoms with Crippen molar-refractivity contribution < 1.29 is 5.11 Å². The monoisotopic (exact) mass is 191 g/mol. The Hall–Kier alpha value is -1.02. The highest BCUT2D eigenvalue weighted by atomic mass is 16.3. The molecule has 2 nitrogen and oxygen atoms in total. The van der Waals surface area contributed by atoms with Crippen molar-refractivity contribution in [2.75, 3.05) is 6.54 Å². The van der Waals surface area contributed by atoms with Gasteiger partial charge in [0.25, 0.3) is 0 Å². The average Bonchev–Trinajstić information content (AvgIpc) is 2.11. The van der Waals surface area contributed by atoms with Crippen LogP contribution < -0.4 is 5.73 Å². The van der Waals surface area contributed by atoms with Gasteiger partial charge >= 0.3 is 0 Å². The lowest BCUT2D eigenvalue weighted by molar-refractivity contribution is 0.229. The number of rotatable bonds is 3. The Balaban J connectivity index is 2.27. The summed E-state index contributed by atoms with van der Waals surface area (Å²) in [6, 6.07) is 7.63. The Morgan fingerprint density at radius 1 is 1.36 bits per heavy atom. The zero-order valence-corrected chi connectivity index (χ0v) is 8.37. The molecular formula is C12H17NO. The quantitative estimate of drug-likeness (QED) is 0.769. The Bertz CT molecular complexity index is 318. The molecule has 76 valence electrons. The SMILES string of the molecule is NCCC1(c2cccc(O)c2)CCC1. The van der Waals surface area contributed by atoms with Gasteiger partial charge < -0.3 is 10.8 Å². The summed E-state index contributed by atoms with van der Waals surface area (Å²) in [4.78, 5) is 0. The van der Waals surface area contributed by atoms with E-state index in [1.54, 1.807) is 6.07 Å². The van der Waals surface area contributed by atoms with Crippen LogP contribution in [0.15, 0.2) is 24.3 Å². The van der Waals surface area contributed by atoms with Gasteiger partial charge in [-0.15, -0.1) is 0 Å². The fourth-order valence-corrected chi connectivity index (χ4v) is 2.40. The molecule has 2 heteroatoms. The summed E-state index contributed by atoms with van der Waals surface area (Å²) >= 11 is 0. The molecule has 0 radical (unpaired) electrons. The minimum Gasteiger partial charge on any atom is -0.508 e. The molecule has 1 aromatic carbocycles. The molecular weight excluding hydrogens is 174 g/mol. The van der Waals surface area contributed by atoms with Gasteiger partial charge in [0, 0.05) is 0 Å². The zero-order valence-electron chi connectivity index (χ0n) is 8.37. The van der Waals surface area contributed by atoms with Gasteiger partial charge in [-0.2, -0.15) is 0 Å². The maximum atomic E-state index is 9.43. The van der Waals surface area contributed by atoms with E-state index in [-0.39, 0.29) is 5.41 Å². The predicted octanol–water partition coefficient (Wildman–Crippen LogP) is 2.16. The second kappa shape index (κ2) is 3.62. The first-order valence-corrected chi connectivity index (χ1v) is 5.26. The van der Waals surface area contributed by atoms with Gasteiger partial charge in [-0.1, -0.05) is 18.6 Å². The van der Waals surface area contributed by atoms with Crippen LogP contribution in [0, 0.1) is 0 Å². The van der Waals surface area contributed by atoms with Gasteiger partial charge in [-0.25, -0.2) is 0 Å². The van der Waals surface area contributed by atoms with E-state index >= 15 is 0 Å². The molecule has 1 aromatic rings. The van der Waals surface area contributed by atoms with Gasteiger partial charge in [0.2, 0.25) is 0 Å². The van der Waals surface area contributed by atoms with Crippen molar-refractivity contribution in [2.24, 2.45) is 5.73 Å². The number of hydrogen-bond donors (Lipinski definition) is 2. The summed E-state index contributed by atoms with van der Waals surface area (Å²) in [5, 5.41) is 9.43. The van der Waals surface area contributed by atoms with Crippen LogP contribution in [0.2, 0.25) is 0 Å². The van der Waals surface area contributed by atoms with Crippen LogP contribution in [0.1, 0.15) is 31.2 Å². The summed E-state index contributed by atoms with van der Waals surface area (Å²) in [5.41, 5.74) is 7.17. The van der Waals surface area contributed by atoms with Gasteiger partial charge in [-0.3, -0.25) is 0 Å². The Labute approximate surface area is 84.7 Å². The number of benzene rings is 1. The Kier molecular flexibility index (Phi) is 2.46. The number of aromatic hydroxyl groups is 1. The normalized spacial score (nSPS) is 18.9. The summed E-state index contributed by atoms with van der Waals surface area (Å²) in [6.07, 6.45) is 4.76. The first-order valence-electron chi connectivity index (χ1n) is 5.26. The molecule has 1 saturated carbocycles. The molecule has 14 heavy (non-hydrogen) atoms. The number of phenols is 1. The highest BCUT2D eigenvalue weighted by Crippen LogP contribution is 2.46. The number of phenolic OH excluding ortho intramolecular Hbond substituents is 1. The summed E-state index contributed by atoms with van der Waals surface area (Å²) in [7, 11) is 0. The molecule has 0 aromatic heterocycles. The van der Waals surface area contributed by atoms with Crippen LogP contribution in [0.25, 0.3) is 0 Å². The topological polar surface area (TPSA) is 46.2 Å². The molecule has 1 aliphatic rings. The van der Waals surface area contributed by atoms with Crippen molar-refractivity contribution in [3.05, 3.63) is 29.8 Å². The van der Waals surface area contributed by atoms with Crippen molar-refractivity contribution in [2.45, 2.75) is 31.1 Å². The lowest BCUT2D eigenvalue weighted by Crippen LogP contribution is -2.36. The van der Waals surface area contributed by atoms with Gasteiger partial charge in [0.05, 0.1) is 0 Å². The van der Waals surface area contributed by atoms with Crippen LogP contribution in [0.4, 0.5) is 0 Å². The third-order valence-electron chi connectivity index (χ3n) is 3.39. The summed E-state index contributed by atoms with van der Waals surface area (Å²) < 4.78 is 0. The highest BCUT2D eigenvalue weighted by Gasteiger charge is 2.37. The second-order valence-electron chi connectivity index (χ2n) is 4.22. The molecule has 1 aliphatic carbocycles. The van der Waals surface area contributed by atoms with Crippen LogP contribution in [-0.4, -0.2) is 11.7 Å². The third kappa shape index (κ3) is 1.50. The fraction of sp³-hybridized carbons (Fsp3) is 0.500. The summed E-state index contributed by atoms with van der Waals surface area (Å²) in [6.45, 7) is 0.732. The molecule has 3 N–H and O–H groups in total. The molecule has 0 saturated heterocycles. The maximum Gasteiger partial charge on any atom is 0.115 e. The lowest BCUT2D eigenvalue weighted by atomic mass is 9.62. The van der Waals surface area contributed by atoms with E-state index in [0.717, 1.165) is 13.0 Å². The second-order valence-corrected chi connectivity index (χ2v) is 4.22. The van der Waals surface area contributed by atoms with Crippen LogP contribution in [-0.2, 0) is 5.41 Å². The van der Waals surface area contributed by atoms with E-state index in [9.17, 15) is 5.11 Å². The molecule has 1 fully saturated rings. The molecule has 0 atom stereocenters. The van der Waals surface area contributed by atoms with Gasteiger partial charge in [0.15, 0.2) is 0 Å². The smallest absolute Gasteiger partial charge is 0.115 e. The van der Waals surface area contributed by atoms with E-state index in [2.05, 4.69) is 6.07 Å². The molecule has 2 rings (SSSR count). The van der Waals surface area contributed by atoms with Gasteiger partial charge in [-0.05, 0) is 48.9 Å². The molecule has 0 aliphatic heterocycles. The number of nitrogens with two attached hydrogens (primary N) is 1.